The maximum atomic E-state index is 10.8. The molecule has 2 aliphatic rings. The molecule has 0 amide bonds. The lowest BCUT2D eigenvalue weighted by Gasteiger charge is -2.34. The Morgan fingerprint density at radius 2 is 2.05 bits per heavy atom. The summed E-state index contributed by atoms with van der Waals surface area (Å²) in [7, 11) is 0. The smallest absolute Gasteiger partial charge is 0.314 e. The molecule has 2 heterocycles. The van der Waals surface area contributed by atoms with Crippen molar-refractivity contribution < 1.29 is 4.92 Å². The lowest BCUT2D eigenvalue weighted by atomic mass is 10.0. The van der Waals surface area contributed by atoms with E-state index in [-0.39, 0.29) is 34.7 Å². The fourth-order valence-corrected chi connectivity index (χ4v) is 3.54. The molecule has 21 heavy (non-hydrogen) atoms. The van der Waals surface area contributed by atoms with E-state index in [1.807, 2.05) is 5.38 Å². The summed E-state index contributed by atoms with van der Waals surface area (Å²) in [5.74, 6) is 0.832. The molecule has 0 radical (unpaired) electrons. The molecule has 8 heteroatoms. The highest BCUT2D eigenvalue weighted by Gasteiger charge is 2.31. The molecule has 1 N–H and O–H groups in total. The van der Waals surface area contributed by atoms with E-state index >= 15 is 0 Å². The minimum atomic E-state index is -0.278. The predicted molar refractivity (Wildman–Crippen MR) is 90.0 cm³/mol. The van der Waals surface area contributed by atoms with Crippen LogP contribution in [0, 0.1) is 16.0 Å². The van der Waals surface area contributed by atoms with Gasteiger partial charge in [0.25, 0.3) is 0 Å². The molecular weight excluding hydrogens is 333 g/mol. The first-order valence-corrected chi connectivity index (χ1v) is 7.79. The Kier molecular flexibility index (Phi) is 7.36. The number of hydrogen-bond acceptors (Lipinski definition) is 5. The second kappa shape index (κ2) is 8.29. The van der Waals surface area contributed by atoms with Gasteiger partial charge in [0.15, 0.2) is 0 Å². The number of rotatable bonds is 5. The molecule has 1 aliphatic carbocycles. The van der Waals surface area contributed by atoms with Crippen molar-refractivity contribution in [1.82, 2.24) is 10.2 Å². The molecule has 2 fully saturated rings. The van der Waals surface area contributed by atoms with Gasteiger partial charge in [-0.1, -0.05) is 24.2 Å². The predicted octanol–water partition coefficient (Wildman–Crippen LogP) is 3.25. The van der Waals surface area contributed by atoms with Crippen molar-refractivity contribution in [1.29, 1.82) is 0 Å². The third kappa shape index (κ3) is 4.79. The molecule has 0 unspecified atom stereocenters. The quantitative estimate of drug-likeness (QED) is 0.651. The number of nitrogens with one attached hydrogen (secondary N) is 1. The van der Waals surface area contributed by atoms with Crippen LogP contribution >= 0.6 is 36.2 Å². The van der Waals surface area contributed by atoms with Crippen LogP contribution in [0.15, 0.2) is 11.4 Å². The Labute approximate surface area is 141 Å². The van der Waals surface area contributed by atoms with Crippen molar-refractivity contribution in [2.24, 2.45) is 5.92 Å². The number of thiophene rings is 1. The van der Waals surface area contributed by atoms with Gasteiger partial charge >= 0.3 is 5.00 Å². The normalized spacial score (nSPS) is 20.2. The van der Waals surface area contributed by atoms with Crippen LogP contribution in [0.3, 0.4) is 0 Å². The number of nitrogens with zero attached hydrogens (tertiary/aromatic N) is 2. The molecule has 1 aromatic rings. The third-order valence-corrected chi connectivity index (χ3v) is 4.91. The maximum absolute atomic E-state index is 10.8. The molecule has 0 spiro atoms. The zero-order valence-corrected chi connectivity index (χ0v) is 14.1. The fraction of sp³-hybridized carbons (Fsp3) is 0.692. The van der Waals surface area contributed by atoms with Crippen molar-refractivity contribution >= 4 is 41.2 Å². The van der Waals surface area contributed by atoms with Crippen molar-refractivity contribution in [3.8, 4) is 0 Å². The number of nitro groups is 1. The molecule has 1 aliphatic heterocycles. The standard InChI is InChI=1S/C13H19N3O2S.2ClH/c17-16(18)13-8-11(9-19-13)12(7-10-1-2-10)15-5-3-14-4-6-15;;/h8-10,12,14H,1-7H2;2*1H/t12-;;/m0../s1. The second-order valence-electron chi connectivity index (χ2n) is 5.46. The summed E-state index contributed by atoms with van der Waals surface area (Å²) in [6, 6.07) is 2.15. The fourth-order valence-electron chi connectivity index (χ4n) is 2.77. The molecule has 1 saturated carbocycles. The van der Waals surface area contributed by atoms with Crippen LogP contribution in [-0.2, 0) is 0 Å². The Morgan fingerprint density at radius 1 is 1.38 bits per heavy atom. The first-order valence-electron chi connectivity index (χ1n) is 6.91. The lowest BCUT2D eigenvalue weighted by Crippen LogP contribution is -2.45. The van der Waals surface area contributed by atoms with E-state index in [1.165, 1.54) is 24.2 Å². The molecule has 1 saturated heterocycles. The summed E-state index contributed by atoms with van der Waals surface area (Å²) in [5, 5.41) is 16.5. The first-order chi connectivity index (χ1) is 9.24. The van der Waals surface area contributed by atoms with Gasteiger partial charge in [-0.05, 0) is 17.9 Å². The molecule has 3 rings (SSSR count). The van der Waals surface area contributed by atoms with E-state index < -0.39 is 0 Å². The van der Waals surface area contributed by atoms with Gasteiger partial charge in [-0.25, -0.2) is 0 Å². The molecule has 5 nitrogen and oxygen atoms in total. The lowest BCUT2D eigenvalue weighted by molar-refractivity contribution is -0.380. The maximum Gasteiger partial charge on any atom is 0.324 e. The minimum absolute atomic E-state index is 0. The average Bonchev–Trinajstić information content (AvgIpc) is 3.11. The number of hydrogen-bond donors (Lipinski definition) is 1. The SMILES string of the molecule is Cl.Cl.O=[N+]([O-])c1cc([C@H](CC2CC2)N2CCNCC2)cs1. The summed E-state index contributed by atoms with van der Waals surface area (Å²) >= 11 is 1.26. The van der Waals surface area contributed by atoms with Gasteiger partial charge in [0.05, 0.1) is 4.92 Å². The van der Waals surface area contributed by atoms with Crippen molar-refractivity contribution in [2.75, 3.05) is 26.2 Å². The Hall–Kier alpha value is -0.400. The summed E-state index contributed by atoms with van der Waals surface area (Å²) in [5.41, 5.74) is 1.14. The van der Waals surface area contributed by atoms with Crippen LogP contribution in [0.25, 0.3) is 0 Å². The van der Waals surface area contributed by atoms with Gasteiger partial charge < -0.3 is 5.32 Å². The van der Waals surface area contributed by atoms with Gasteiger partial charge in [-0.15, -0.1) is 24.8 Å². The van der Waals surface area contributed by atoms with Crippen molar-refractivity contribution in [3.63, 3.8) is 0 Å². The highest BCUT2D eigenvalue weighted by atomic mass is 35.5. The van der Waals surface area contributed by atoms with Gasteiger partial charge in [0, 0.05) is 43.7 Å². The van der Waals surface area contributed by atoms with E-state index in [9.17, 15) is 10.1 Å². The largest absolute Gasteiger partial charge is 0.324 e. The van der Waals surface area contributed by atoms with Crippen LogP contribution in [-0.4, -0.2) is 36.0 Å². The minimum Gasteiger partial charge on any atom is -0.314 e. The average molecular weight is 354 g/mol. The highest BCUT2D eigenvalue weighted by Crippen LogP contribution is 2.41. The molecule has 120 valence electrons. The third-order valence-electron chi connectivity index (χ3n) is 4.02. The first kappa shape index (κ1) is 18.6. The summed E-state index contributed by atoms with van der Waals surface area (Å²) in [4.78, 5) is 13.0. The monoisotopic (exact) mass is 353 g/mol. The van der Waals surface area contributed by atoms with E-state index in [0.29, 0.717) is 6.04 Å². The molecule has 0 aromatic carbocycles. The van der Waals surface area contributed by atoms with E-state index in [1.54, 1.807) is 6.07 Å². The van der Waals surface area contributed by atoms with Crippen LogP contribution in [0.4, 0.5) is 5.00 Å². The summed E-state index contributed by atoms with van der Waals surface area (Å²) in [6.07, 6.45) is 3.82. The van der Waals surface area contributed by atoms with Crippen LogP contribution < -0.4 is 5.32 Å². The Balaban J connectivity index is 0.00000110. The molecule has 1 atom stereocenters. The van der Waals surface area contributed by atoms with Crippen molar-refractivity contribution in [3.05, 3.63) is 27.1 Å². The van der Waals surface area contributed by atoms with Crippen LogP contribution in [0.2, 0.25) is 0 Å². The zero-order valence-electron chi connectivity index (χ0n) is 11.7. The van der Waals surface area contributed by atoms with E-state index in [2.05, 4.69) is 10.2 Å². The van der Waals surface area contributed by atoms with Gasteiger partial charge in [-0.3, -0.25) is 15.0 Å². The van der Waals surface area contributed by atoms with Gasteiger partial charge in [0.1, 0.15) is 0 Å². The topological polar surface area (TPSA) is 58.4 Å². The van der Waals surface area contributed by atoms with Crippen LogP contribution in [0.1, 0.15) is 30.9 Å². The summed E-state index contributed by atoms with van der Waals surface area (Å²) in [6.45, 7) is 4.13. The zero-order chi connectivity index (χ0) is 13.2. The Morgan fingerprint density at radius 3 is 2.57 bits per heavy atom. The molecule has 1 aromatic heterocycles. The van der Waals surface area contributed by atoms with Crippen molar-refractivity contribution in [2.45, 2.75) is 25.3 Å². The number of halogens is 2. The van der Waals surface area contributed by atoms with E-state index in [4.69, 9.17) is 0 Å². The molecular formula is C13H21Cl2N3O2S. The number of piperazine rings is 1. The van der Waals surface area contributed by atoms with Gasteiger partial charge in [-0.2, -0.15) is 0 Å². The second-order valence-corrected chi connectivity index (χ2v) is 6.35. The highest BCUT2D eigenvalue weighted by molar-refractivity contribution is 7.13. The van der Waals surface area contributed by atoms with Crippen LogP contribution in [0.5, 0.6) is 0 Å². The molecule has 0 bridgehead atoms. The summed E-state index contributed by atoms with van der Waals surface area (Å²) < 4.78 is 0. The van der Waals surface area contributed by atoms with E-state index in [0.717, 1.165) is 44.1 Å². The Bertz CT molecular complexity index is 462. The van der Waals surface area contributed by atoms with Gasteiger partial charge in [0.2, 0.25) is 0 Å².